The van der Waals surface area contributed by atoms with Gasteiger partial charge in [0.25, 0.3) is 5.91 Å². The average molecular weight is 315 g/mol. The average Bonchev–Trinajstić information content (AvgIpc) is 3.19. The third kappa shape index (κ3) is 3.29. The van der Waals surface area contributed by atoms with Gasteiger partial charge in [0.05, 0.1) is 11.3 Å². The predicted octanol–water partition coefficient (Wildman–Crippen LogP) is 0.990. The van der Waals surface area contributed by atoms with Crippen molar-refractivity contribution in [2.24, 2.45) is 0 Å². The highest BCUT2D eigenvalue weighted by atomic mass is 32.1. The van der Waals surface area contributed by atoms with Gasteiger partial charge in [0.1, 0.15) is 0 Å². The van der Waals surface area contributed by atoms with Crippen molar-refractivity contribution >= 4 is 17.2 Å². The van der Waals surface area contributed by atoms with E-state index in [1.54, 1.807) is 10.9 Å². The molecule has 3 aromatic rings. The summed E-state index contributed by atoms with van der Waals surface area (Å²) in [5.74, 6) is -0.223. The molecular weight excluding hydrogens is 302 g/mol. The van der Waals surface area contributed by atoms with Crippen LogP contribution in [0.25, 0.3) is 5.13 Å². The molecule has 0 aliphatic heterocycles. The third-order valence-electron chi connectivity index (χ3n) is 2.95. The summed E-state index contributed by atoms with van der Waals surface area (Å²) < 4.78 is 1.70. The van der Waals surface area contributed by atoms with E-state index in [9.17, 15) is 9.59 Å². The fraction of sp³-hybridized carbons (Fsp3) is 0.143. The zero-order valence-corrected chi connectivity index (χ0v) is 12.3. The van der Waals surface area contributed by atoms with Crippen LogP contribution < -0.4 is 10.9 Å². The Morgan fingerprint density at radius 1 is 1.41 bits per heavy atom. The van der Waals surface area contributed by atoms with E-state index < -0.39 is 0 Å². The molecule has 112 valence electrons. The summed E-state index contributed by atoms with van der Waals surface area (Å²) in [7, 11) is 0. The molecule has 3 rings (SSSR count). The number of aromatic amines is 1. The third-order valence-corrected chi connectivity index (χ3v) is 3.83. The highest BCUT2D eigenvalue weighted by Gasteiger charge is 2.07. The van der Waals surface area contributed by atoms with E-state index in [4.69, 9.17) is 0 Å². The van der Waals surface area contributed by atoms with Crippen LogP contribution in [0.2, 0.25) is 0 Å². The van der Waals surface area contributed by atoms with Crippen LogP contribution in [0.15, 0.2) is 47.0 Å². The Kier molecular flexibility index (Phi) is 4.10. The van der Waals surface area contributed by atoms with Gasteiger partial charge in [0.2, 0.25) is 10.7 Å². The standard InChI is InChI=1S/C14H13N5O2S/c20-12-3-2-10(8-16-12)13(21)15-6-4-11-9-22-14(18-11)19-7-1-5-17-19/h1-3,5,7-9H,4,6H2,(H,15,21)(H,16,20). The SMILES string of the molecule is O=C(NCCc1csc(-n2cccn2)n1)c1ccc(=O)[nH]c1. The minimum Gasteiger partial charge on any atom is -0.352 e. The van der Waals surface area contributed by atoms with Gasteiger partial charge < -0.3 is 10.3 Å². The number of pyridine rings is 1. The van der Waals surface area contributed by atoms with Crippen LogP contribution >= 0.6 is 11.3 Å². The Labute approximate surface area is 129 Å². The summed E-state index contributed by atoms with van der Waals surface area (Å²) in [5, 5.41) is 9.66. The molecule has 2 N–H and O–H groups in total. The molecule has 0 aliphatic carbocycles. The number of rotatable bonds is 5. The van der Waals surface area contributed by atoms with Gasteiger partial charge in [-0.1, -0.05) is 0 Å². The fourth-order valence-corrected chi connectivity index (χ4v) is 2.65. The van der Waals surface area contributed by atoms with E-state index in [0.29, 0.717) is 18.5 Å². The smallest absolute Gasteiger partial charge is 0.252 e. The largest absolute Gasteiger partial charge is 0.352 e. The molecule has 3 heterocycles. The van der Waals surface area contributed by atoms with Gasteiger partial charge in [0.15, 0.2) is 0 Å². The van der Waals surface area contributed by atoms with E-state index in [2.05, 4.69) is 20.4 Å². The predicted molar refractivity (Wildman–Crippen MR) is 82.3 cm³/mol. The van der Waals surface area contributed by atoms with Gasteiger partial charge in [-0.15, -0.1) is 11.3 Å². The van der Waals surface area contributed by atoms with Gasteiger partial charge in [0, 0.05) is 43.0 Å². The summed E-state index contributed by atoms with van der Waals surface area (Å²) in [6.45, 7) is 0.472. The first-order valence-corrected chi connectivity index (χ1v) is 7.52. The molecule has 8 heteroatoms. The molecule has 1 amide bonds. The number of nitrogens with zero attached hydrogens (tertiary/aromatic N) is 3. The second-order valence-electron chi connectivity index (χ2n) is 4.52. The number of H-pyrrole nitrogens is 1. The molecule has 0 atom stereocenters. The minimum absolute atomic E-state index is 0.223. The maximum atomic E-state index is 11.9. The molecular formula is C14H13N5O2S. The number of aromatic nitrogens is 4. The van der Waals surface area contributed by atoms with E-state index >= 15 is 0 Å². The van der Waals surface area contributed by atoms with Crippen LogP contribution in [0.5, 0.6) is 0 Å². The number of carbonyl (C=O) groups excluding carboxylic acids is 1. The molecule has 0 aliphatic rings. The number of nitrogens with one attached hydrogen (secondary N) is 2. The lowest BCUT2D eigenvalue weighted by Crippen LogP contribution is -2.26. The summed E-state index contributed by atoms with van der Waals surface area (Å²) in [4.78, 5) is 29.7. The van der Waals surface area contributed by atoms with Crippen LogP contribution in [0.3, 0.4) is 0 Å². The molecule has 0 saturated carbocycles. The molecule has 3 aromatic heterocycles. The first-order chi connectivity index (χ1) is 10.7. The Hall–Kier alpha value is -2.74. The Balaban J connectivity index is 1.54. The van der Waals surface area contributed by atoms with Gasteiger partial charge in [-0.25, -0.2) is 9.67 Å². The second kappa shape index (κ2) is 6.35. The second-order valence-corrected chi connectivity index (χ2v) is 5.36. The molecule has 0 fully saturated rings. The van der Waals surface area contributed by atoms with Gasteiger partial charge in [-0.05, 0) is 12.1 Å². The molecule has 0 unspecified atom stereocenters. The lowest BCUT2D eigenvalue weighted by molar-refractivity contribution is 0.0953. The number of amides is 1. The molecule has 0 spiro atoms. The van der Waals surface area contributed by atoms with E-state index in [-0.39, 0.29) is 11.5 Å². The molecule has 0 aromatic carbocycles. The highest BCUT2D eigenvalue weighted by molar-refractivity contribution is 7.12. The highest BCUT2D eigenvalue weighted by Crippen LogP contribution is 2.13. The number of thiazole rings is 1. The van der Waals surface area contributed by atoms with Crippen molar-refractivity contribution in [2.75, 3.05) is 6.54 Å². The topological polar surface area (TPSA) is 92.7 Å². The van der Waals surface area contributed by atoms with E-state index in [1.165, 1.54) is 29.7 Å². The Morgan fingerprint density at radius 2 is 2.32 bits per heavy atom. The number of hydrogen-bond donors (Lipinski definition) is 2. The Bertz CT molecular complexity index is 801. The van der Waals surface area contributed by atoms with Crippen LogP contribution in [-0.4, -0.2) is 32.2 Å². The molecule has 0 saturated heterocycles. The maximum absolute atomic E-state index is 11.9. The van der Waals surface area contributed by atoms with Crippen molar-refractivity contribution in [1.29, 1.82) is 0 Å². The zero-order chi connectivity index (χ0) is 15.4. The van der Waals surface area contributed by atoms with Crippen molar-refractivity contribution in [3.63, 3.8) is 0 Å². The fourth-order valence-electron chi connectivity index (χ4n) is 1.86. The zero-order valence-electron chi connectivity index (χ0n) is 11.5. The van der Waals surface area contributed by atoms with E-state index in [1.807, 2.05) is 17.6 Å². The van der Waals surface area contributed by atoms with Gasteiger partial charge in [-0.3, -0.25) is 9.59 Å². The molecule has 0 bridgehead atoms. The van der Waals surface area contributed by atoms with Crippen LogP contribution in [0.4, 0.5) is 0 Å². The van der Waals surface area contributed by atoms with Crippen molar-refractivity contribution < 1.29 is 4.79 Å². The van der Waals surface area contributed by atoms with Crippen LogP contribution in [0.1, 0.15) is 16.1 Å². The summed E-state index contributed by atoms with van der Waals surface area (Å²) in [6, 6.07) is 4.66. The van der Waals surface area contributed by atoms with Crippen molar-refractivity contribution in [1.82, 2.24) is 25.1 Å². The van der Waals surface area contributed by atoms with Crippen molar-refractivity contribution in [2.45, 2.75) is 6.42 Å². The first-order valence-electron chi connectivity index (χ1n) is 6.64. The first kappa shape index (κ1) is 14.2. The maximum Gasteiger partial charge on any atom is 0.252 e. The number of hydrogen-bond acceptors (Lipinski definition) is 5. The summed E-state index contributed by atoms with van der Waals surface area (Å²) in [5.41, 5.74) is 1.09. The van der Waals surface area contributed by atoms with Crippen LogP contribution in [-0.2, 0) is 6.42 Å². The molecule has 22 heavy (non-hydrogen) atoms. The lowest BCUT2D eigenvalue weighted by atomic mass is 10.2. The Morgan fingerprint density at radius 3 is 3.05 bits per heavy atom. The number of carbonyl (C=O) groups is 1. The summed E-state index contributed by atoms with van der Waals surface area (Å²) >= 11 is 1.50. The lowest BCUT2D eigenvalue weighted by Gasteiger charge is -2.03. The van der Waals surface area contributed by atoms with Crippen molar-refractivity contribution in [3.8, 4) is 5.13 Å². The molecule has 0 radical (unpaired) electrons. The quantitative estimate of drug-likeness (QED) is 0.734. The normalized spacial score (nSPS) is 10.5. The van der Waals surface area contributed by atoms with Gasteiger partial charge in [-0.2, -0.15) is 5.10 Å². The molecule has 7 nitrogen and oxygen atoms in total. The minimum atomic E-state index is -0.231. The van der Waals surface area contributed by atoms with Gasteiger partial charge >= 0.3 is 0 Å². The summed E-state index contributed by atoms with van der Waals surface area (Å²) in [6.07, 6.45) is 5.56. The monoisotopic (exact) mass is 315 g/mol. The van der Waals surface area contributed by atoms with Crippen molar-refractivity contribution in [3.05, 3.63) is 63.8 Å². The van der Waals surface area contributed by atoms with Crippen LogP contribution in [0, 0.1) is 0 Å². The van der Waals surface area contributed by atoms with E-state index in [0.717, 1.165) is 10.8 Å².